The van der Waals surface area contributed by atoms with Crippen molar-refractivity contribution in [3.8, 4) is 5.69 Å². The third-order valence-corrected chi connectivity index (χ3v) is 6.67. The van der Waals surface area contributed by atoms with Gasteiger partial charge in [-0.2, -0.15) is 0 Å². The number of hydrogen-bond acceptors (Lipinski definition) is 4. The number of halogens is 2. The molecule has 0 saturated heterocycles. The highest BCUT2D eigenvalue weighted by Crippen LogP contribution is 2.26. The topological polar surface area (TPSA) is 68.1 Å². The van der Waals surface area contributed by atoms with E-state index >= 15 is 0 Å². The normalized spacial score (nSPS) is 11.9. The summed E-state index contributed by atoms with van der Waals surface area (Å²) in [5.74, 6) is -1.95. The zero-order valence-corrected chi connectivity index (χ0v) is 21.5. The maximum absolute atomic E-state index is 13.9. The molecule has 1 atom stereocenters. The molecule has 0 spiro atoms. The molecule has 0 fully saturated rings. The molecule has 0 bridgehead atoms. The second kappa shape index (κ2) is 10.9. The van der Waals surface area contributed by atoms with E-state index in [2.05, 4.69) is 4.98 Å². The number of rotatable bonds is 7. The standard InChI is InChI=1S/C31H26F2N4O2/c1-20-9-12-24(13-10-20)37-30(35-28-8-4-3-7-25(28)31(37)39)21(2)36(19-23-6-5-15-34-18-23)29(38)17-22-11-14-26(32)27(33)16-22/h3-16,18,21H,17,19H2,1-2H3. The van der Waals surface area contributed by atoms with Crippen LogP contribution in [0.2, 0.25) is 0 Å². The predicted molar refractivity (Wildman–Crippen MR) is 145 cm³/mol. The van der Waals surface area contributed by atoms with Gasteiger partial charge in [-0.1, -0.05) is 42.0 Å². The summed E-state index contributed by atoms with van der Waals surface area (Å²) in [6.45, 7) is 3.94. The van der Waals surface area contributed by atoms with E-state index < -0.39 is 17.7 Å². The van der Waals surface area contributed by atoms with Gasteiger partial charge in [-0.3, -0.25) is 19.1 Å². The van der Waals surface area contributed by atoms with E-state index in [4.69, 9.17) is 4.98 Å². The Kier molecular flexibility index (Phi) is 7.27. The molecule has 0 aliphatic carbocycles. The third kappa shape index (κ3) is 5.45. The summed E-state index contributed by atoms with van der Waals surface area (Å²) in [6, 6.07) is 21.0. The number of para-hydroxylation sites is 1. The van der Waals surface area contributed by atoms with E-state index in [1.54, 1.807) is 54.5 Å². The van der Waals surface area contributed by atoms with Crippen molar-refractivity contribution in [3.05, 3.63) is 136 Å². The van der Waals surface area contributed by atoms with Crippen LogP contribution in [-0.2, 0) is 17.8 Å². The van der Waals surface area contributed by atoms with Crippen LogP contribution in [0.1, 0.15) is 35.5 Å². The Morgan fingerprint density at radius 2 is 1.72 bits per heavy atom. The Morgan fingerprint density at radius 3 is 2.44 bits per heavy atom. The molecule has 0 N–H and O–H groups in total. The number of fused-ring (bicyclic) bond motifs is 1. The van der Waals surface area contributed by atoms with Gasteiger partial charge >= 0.3 is 0 Å². The highest BCUT2D eigenvalue weighted by Gasteiger charge is 2.27. The molecule has 8 heteroatoms. The Bertz CT molecular complexity index is 1700. The summed E-state index contributed by atoms with van der Waals surface area (Å²) in [5, 5.41) is 0.459. The fourth-order valence-corrected chi connectivity index (χ4v) is 4.57. The van der Waals surface area contributed by atoms with Gasteiger partial charge in [-0.25, -0.2) is 13.8 Å². The lowest BCUT2D eigenvalue weighted by atomic mass is 10.1. The van der Waals surface area contributed by atoms with Crippen molar-refractivity contribution in [3.63, 3.8) is 0 Å². The van der Waals surface area contributed by atoms with Crippen LogP contribution in [0.25, 0.3) is 16.6 Å². The maximum Gasteiger partial charge on any atom is 0.266 e. The number of hydrogen-bond donors (Lipinski definition) is 0. The Labute approximate surface area is 224 Å². The zero-order valence-electron chi connectivity index (χ0n) is 21.5. The van der Waals surface area contributed by atoms with E-state index in [0.29, 0.717) is 28.0 Å². The van der Waals surface area contributed by atoms with Gasteiger partial charge in [0.05, 0.1) is 29.1 Å². The highest BCUT2D eigenvalue weighted by molar-refractivity contribution is 5.80. The first kappa shape index (κ1) is 25.9. The second-order valence-electron chi connectivity index (χ2n) is 9.45. The summed E-state index contributed by atoms with van der Waals surface area (Å²) >= 11 is 0. The van der Waals surface area contributed by atoms with E-state index in [1.165, 1.54) is 10.6 Å². The van der Waals surface area contributed by atoms with Crippen LogP contribution in [0.4, 0.5) is 8.78 Å². The Morgan fingerprint density at radius 1 is 0.949 bits per heavy atom. The molecule has 3 aromatic carbocycles. The number of amides is 1. The van der Waals surface area contributed by atoms with Crippen molar-refractivity contribution in [2.75, 3.05) is 0 Å². The molecule has 5 rings (SSSR count). The fraction of sp³-hybridized carbons (Fsp3) is 0.161. The number of aryl methyl sites for hydroxylation is 1. The van der Waals surface area contributed by atoms with Crippen molar-refractivity contribution < 1.29 is 13.6 Å². The summed E-state index contributed by atoms with van der Waals surface area (Å²) in [4.78, 5) is 38.1. The number of benzene rings is 3. The average Bonchev–Trinajstić information content (AvgIpc) is 2.94. The molecule has 1 unspecified atom stereocenters. The number of nitrogens with zero attached hydrogens (tertiary/aromatic N) is 4. The fourth-order valence-electron chi connectivity index (χ4n) is 4.57. The Hall–Kier alpha value is -4.72. The quantitative estimate of drug-likeness (QED) is 0.274. The molecule has 6 nitrogen and oxygen atoms in total. The zero-order chi connectivity index (χ0) is 27.5. The van der Waals surface area contributed by atoms with Crippen molar-refractivity contribution in [1.29, 1.82) is 0 Å². The summed E-state index contributed by atoms with van der Waals surface area (Å²) in [6.07, 6.45) is 3.13. The van der Waals surface area contributed by atoms with Crippen LogP contribution in [0, 0.1) is 18.6 Å². The van der Waals surface area contributed by atoms with Crippen molar-refractivity contribution in [2.45, 2.75) is 32.9 Å². The van der Waals surface area contributed by atoms with Crippen molar-refractivity contribution in [2.24, 2.45) is 0 Å². The van der Waals surface area contributed by atoms with E-state index in [9.17, 15) is 18.4 Å². The van der Waals surface area contributed by atoms with Crippen LogP contribution in [0.3, 0.4) is 0 Å². The van der Waals surface area contributed by atoms with Crippen LogP contribution < -0.4 is 5.56 Å². The molecule has 196 valence electrons. The molecular formula is C31H26F2N4O2. The van der Waals surface area contributed by atoms with Gasteiger partial charge in [0, 0.05) is 18.9 Å². The van der Waals surface area contributed by atoms with E-state index in [1.807, 2.05) is 37.3 Å². The molecule has 0 saturated carbocycles. The van der Waals surface area contributed by atoms with E-state index in [-0.39, 0.29) is 24.4 Å². The molecule has 1 amide bonds. The van der Waals surface area contributed by atoms with Crippen LogP contribution in [0.5, 0.6) is 0 Å². The molecular weight excluding hydrogens is 498 g/mol. The third-order valence-electron chi connectivity index (χ3n) is 6.67. The van der Waals surface area contributed by atoms with Gasteiger partial charge in [0.1, 0.15) is 5.82 Å². The minimum absolute atomic E-state index is 0.163. The first-order valence-corrected chi connectivity index (χ1v) is 12.5. The summed E-state index contributed by atoms with van der Waals surface area (Å²) in [5.41, 5.74) is 3.04. The number of pyridine rings is 1. The smallest absolute Gasteiger partial charge is 0.266 e. The first-order chi connectivity index (χ1) is 18.8. The van der Waals surface area contributed by atoms with Gasteiger partial charge in [0.25, 0.3) is 5.56 Å². The number of aromatic nitrogens is 3. The molecule has 0 radical (unpaired) electrons. The highest BCUT2D eigenvalue weighted by atomic mass is 19.2. The summed E-state index contributed by atoms with van der Waals surface area (Å²) < 4.78 is 29.0. The van der Waals surface area contributed by atoms with Gasteiger partial charge in [-0.15, -0.1) is 0 Å². The molecule has 0 aliphatic heterocycles. The lowest BCUT2D eigenvalue weighted by molar-refractivity contribution is -0.133. The van der Waals surface area contributed by atoms with Gasteiger partial charge in [0.2, 0.25) is 5.91 Å². The maximum atomic E-state index is 13.9. The molecule has 5 aromatic rings. The van der Waals surface area contributed by atoms with Crippen LogP contribution in [-0.4, -0.2) is 25.3 Å². The molecule has 2 heterocycles. The lowest BCUT2D eigenvalue weighted by Gasteiger charge is -2.31. The second-order valence-corrected chi connectivity index (χ2v) is 9.45. The molecule has 39 heavy (non-hydrogen) atoms. The van der Waals surface area contributed by atoms with Gasteiger partial charge < -0.3 is 4.90 Å². The number of carbonyl (C=O) groups excluding carboxylic acids is 1. The SMILES string of the molecule is Cc1ccc(-n2c(C(C)N(Cc3cccnc3)C(=O)Cc3ccc(F)c(F)c3)nc3ccccc3c2=O)cc1. The first-order valence-electron chi connectivity index (χ1n) is 12.5. The van der Waals surface area contributed by atoms with Crippen molar-refractivity contribution >= 4 is 16.8 Å². The summed E-state index contributed by atoms with van der Waals surface area (Å²) in [7, 11) is 0. The number of carbonyl (C=O) groups is 1. The van der Waals surface area contributed by atoms with Crippen molar-refractivity contribution in [1.82, 2.24) is 19.4 Å². The van der Waals surface area contributed by atoms with Crippen LogP contribution >= 0.6 is 0 Å². The van der Waals surface area contributed by atoms with Gasteiger partial charge in [-0.05, 0) is 67.4 Å². The minimum atomic E-state index is -1.02. The largest absolute Gasteiger partial charge is 0.328 e. The van der Waals surface area contributed by atoms with Crippen LogP contribution in [0.15, 0.2) is 96.1 Å². The predicted octanol–water partition coefficient (Wildman–Crippen LogP) is 5.70. The van der Waals surface area contributed by atoms with Gasteiger partial charge in [0.15, 0.2) is 11.6 Å². The lowest BCUT2D eigenvalue weighted by Crippen LogP contribution is -2.38. The monoisotopic (exact) mass is 524 g/mol. The average molecular weight is 525 g/mol. The Balaban J connectivity index is 1.63. The molecule has 2 aromatic heterocycles. The minimum Gasteiger partial charge on any atom is -0.328 e. The van der Waals surface area contributed by atoms with E-state index in [0.717, 1.165) is 23.3 Å². The molecule has 0 aliphatic rings.